The molecule has 0 aliphatic heterocycles. The topological polar surface area (TPSA) is 104 Å². The number of benzene rings is 1. The Bertz CT molecular complexity index is 590. The van der Waals surface area contributed by atoms with Gasteiger partial charge in [-0.2, -0.15) is 4.72 Å². The summed E-state index contributed by atoms with van der Waals surface area (Å²) in [6.45, 7) is 1.11. The van der Waals surface area contributed by atoms with Gasteiger partial charge >= 0.3 is 5.97 Å². The van der Waals surface area contributed by atoms with Crippen LogP contribution in [0.1, 0.15) is 6.92 Å². The molecular formula is C10H11BrFNO5S. The normalized spacial score (nSPS) is 14.9. The maximum atomic E-state index is 13.5. The smallest absolute Gasteiger partial charge is 0.324 e. The van der Waals surface area contributed by atoms with E-state index in [1.807, 2.05) is 0 Å². The number of carboxylic acids is 1. The number of carboxylic acid groups (broad SMARTS) is 1. The molecule has 0 heterocycles. The molecule has 2 unspecified atom stereocenters. The van der Waals surface area contributed by atoms with Gasteiger partial charge in [0.15, 0.2) is 0 Å². The second-order valence-corrected chi connectivity index (χ2v) is 6.35. The summed E-state index contributed by atoms with van der Waals surface area (Å²) in [6, 6.07) is 1.47. The maximum absolute atomic E-state index is 13.5. The number of carbonyl (C=O) groups is 1. The van der Waals surface area contributed by atoms with E-state index in [1.165, 1.54) is 6.07 Å². The fraction of sp³-hybridized carbons (Fsp3) is 0.300. The fourth-order valence-corrected chi connectivity index (χ4v) is 2.93. The number of halogens is 2. The van der Waals surface area contributed by atoms with Gasteiger partial charge in [-0.25, -0.2) is 12.8 Å². The molecule has 1 rings (SSSR count). The molecule has 0 saturated carbocycles. The van der Waals surface area contributed by atoms with Gasteiger partial charge in [0.05, 0.1) is 6.10 Å². The molecule has 0 amide bonds. The highest BCUT2D eigenvalue weighted by Crippen LogP contribution is 2.19. The van der Waals surface area contributed by atoms with Crippen molar-refractivity contribution in [3.8, 4) is 0 Å². The number of aliphatic carboxylic acids is 1. The minimum Gasteiger partial charge on any atom is -0.480 e. The first-order valence-corrected chi connectivity index (χ1v) is 7.31. The fourth-order valence-electron chi connectivity index (χ4n) is 1.28. The average molecular weight is 356 g/mol. The number of hydrogen-bond donors (Lipinski definition) is 3. The first-order chi connectivity index (χ1) is 8.65. The summed E-state index contributed by atoms with van der Waals surface area (Å²) in [5.74, 6) is -2.59. The van der Waals surface area contributed by atoms with Crippen LogP contribution in [0.15, 0.2) is 27.6 Å². The summed E-state index contributed by atoms with van der Waals surface area (Å²) in [4.78, 5) is 10.1. The van der Waals surface area contributed by atoms with E-state index in [1.54, 1.807) is 4.72 Å². The maximum Gasteiger partial charge on any atom is 0.324 e. The first kappa shape index (κ1) is 16.0. The minimum absolute atomic E-state index is 0.342. The molecule has 106 valence electrons. The Kier molecular flexibility index (Phi) is 5.02. The highest BCUT2D eigenvalue weighted by Gasteiger charge is 2.30. The molecule has 0 bridgehead atoms. The monoisotopic (exact) mass is 355 g/mol. The van der Waals surface area contributed by atoms with Crippen molar-refractivity contribution < 1.29 is 27.8 Å². The first-order valence-electron chi connectivity index (χ1n) is 5.03. The molecule has 9 heteroatoms. The molecule has 2 atom stereocenters. The van der Waals surface area contributed by atoms with Gasteiger partial charge in [0, 0.05) is 4.47 Å². The summed E-state index contributed by atoms with van der Waals surface area (Å²) >= 11 is 2.97. The largest absolute Gasteiger partial charge is 0.480 e. The van der Waals surface area contributed by atoms with E-state index in [4.69, 9.17) is 5.11 Å². The molecule has 0 fully saturated rings. The van der Waals surface area contributed by atoms with Crippen molar-refractivity contribution >= 4 is 31.9 Å². The average Bonchev–Trinajstić information content (AvgIpc) is 2.24. The summed E-state index contributed by atoms with van der Waals surface area (Å²) in [5, 5.41) is 18.0. The zero-order valence-corrected chi connectivity index (χ0v) is 12.1. The van der Waals surface area contributed by atoms with E-state index in [0.717, 1.165) is 19.1 Å². The van der Waals surface area contributed by atoms with Crippen LogP contribution in [0, 0.1) is 5.82 Å². The SMILES string of the molecule is CC(O)C(NS(=O)(=O)c1ccc(Br)cc1F)C(=O)O. The predicted molar refractivity (Wildman–Crippen MR) is 67.5 cm³/mol. The molecule has 0 aliphatic carbocycles. The van der Waals surface area contributed by atoms with Crippen LogP contribution in [0.3, 0.4) is 0 Å². The molecule has 3 N–H and O–H groups in total. The zero-order valence-electron chi connectivity index (χ0n) is 9.67. The molecule has 1 aromatic rings. The van der Waals surface area contributed by atoms with Crippen molar-refractivity contribution in [2.24, 2.45) is 0 Å². The van der Waals surface area contributed by atoms with Crippen molar-refractivity contribution in [1.29, 1.82) is 0 Å². The lowest BCUT2D eigenvalue weighted by molar-refractivity contribution is -0.141. The van der Waals surface area contributed by atoms with E-state index in [-0.39, 0.29) is 0 Å². The Labute approximate surface area is 117 Å². The number of aliphatic hydroxyl groups excluding tert-OH is 1. The summed E-state index contributed by atoms with van der Waals surface area (Å²) < 4.78 is 39.3. The molecule has 6 nitrogen and oxygen atoms in total. The van der Waals surface area contributed by atoms with Crippen LogP contribution in [0.2, 0.25) is 0 Å². The van der Waals surface area contributed by atoms with Gasteiger partial charge in [-0.05, 0) is 25.1 Å². The van der Waals surface area contributed by atoms with Crippen molar-refractivity contribution in [2.75, 3.05) is 0 Å². The number of rotatable bonds is 5. The Morgan fingerprint density at radius 2 is 2.05 bits per heavy atom. The van der Waals surface area contributed by atoms with Crippen LogP contribution in [-0.2, 0) is 14.8 Å². The Balaban J connectivity index is 3.14. The standard InChI is InChI=1S/C10H11BrFNO5S/c1-5(14)9(10(15)16)13-19(17,18)8-3-2-6(11)4-7(8)12/h2-5,9,13-14H,1H3,(H,15,16). The van der Waals surface area contributed by atoms with Crippen LogP contribution in [0.5, 0.6) is 0 Å². The Morgan fingerprint density at radius 3 is 2.47 bits per heavy atom. The Morgan fingerprint density at radius 1 is 1.47 bits per heavy atom. The number of nitrogens with one attached hydrogen (secondary N) is 1. The second-order valence-electron chi connectivity index (χ2n) is 3.75. The molecule has 0 saturated heterocycles. The highest BCUT2D eigenvalue weighted by molar-refractivity contribution is 9.10. The lowest BCUT2D eigenvalue weighted by Gasteiger charge is -2.17. The van der Waals surface area contributed by atoms with Crippen molar-refractivity contribution in [3.63, 3.8) is 0 Å². The number of aliphatic hydroxyl groups is 1. The summed E-state index contributed by atoms with van der Waals surface area (Å²) in [5.41, 5.74) is 0. The van der Waals surface area contributed by atoms with Gasteiger partial charge in [0.2, 0.25) is 10.0 Å². The van der Waals surface area contributed by atoms with Crippen LogP contribution in [0.4, 0.5) is 4.39 Å². The predicted octanol–water partition coefficient (Wildman–Crippen LogP) is 0.700. The van der Waals surface area contributed by atoms with Crippen LogP contribution < -0.4 is 4.72 Å². The van der Waals surface area contributed by atoms with E-state index < -0.39 is 38.9 Å². The van der Waals surface area contributed by atoms with Gasteiger partial charge in [-0.1, -0.05) is 15.9 Å². The Hall–Kier alpha value is -1.03. The summed E-state index contributed by atoms with van der Waals surface area (Å²) in [7, 11) is -4.38. The molecule has 0 aromatic heterocycles. The van der Waals surface area contributed by atoms with Crippen LogP contribution in [0.25, 0.3) is 0 Å². The second kappa shape index (κ2) is 5.95. The molecular weight excluding hydrogens is 345 g/mol. The summed E-state index contributed by atoms with van der Waals surface area (Å²) in [6.07, 6.45) is -1.47. The van der Waals surface area contributed by atoms with Gasteiger partial charge < -0.3 is 10.2 Å². The third-order valence-electron chi connectivity index (χ3n) is 2.21. The quantitative estimate of drug-likeness (QED) is 0.721. The van der Waals surface area contributed by atoms with Crippen molar-refractivity contribution in [2.45, 2.75) is 24.0 Å². The lowest BCUT2D eigenvalue weighted by atomic mass is 10.2. The van der Waals surface area contributed by atoms with Crippen LogP contribution in [-0.4, -0.2) is 36.7 Å². The third kappa shape index (κ3) is 3.96. The van der Waals surface area contributed by atoms with Gasteiger partial charge in [-0.3, -0.25) is 4.79 Å². The van der Waals surface area contributed by atoms with Crippen molar-refractivity contribution in [1.82, 2.24) is 4.72 Å². The minimum atomic E-state index is -4.38. The zero-order chi connectivity index (χ0) is 14.8. The van der Waals surface area contributed by atoms with Gasteiger partial charge in [0.25, 0.3) is 0 Å². The van der Waals surface area contributed by atoms with E-state index >= 15 is 0 Å². The van der Waals surface area contributed by atoms with Gasteiger partial charge in [0.1, 0.15) is 16.8 Å². The lowest BCUT2D eigenvalue weighted by Crippen LogP contribution is -2.47. The molecule has 19 heavy (non-hydrogen) atoms. The van der Waals surface area contributed by atoms with E-state index in [2.05, 4.69) is 15.9 Å². The number of hydrogen-bond acceptors (Lipinski definition) is 4. The molecule has 0 radical (unpaired) electrons. The molecule has 0 aliphatic rings. The highest BCUT2D eigenvalue weighted by atomic mass is 79.9. The molecule has 0 spiro atoms. The van der Waals surface area contributed by atoms with E-state index in [9.17, 15) is 22.7 Å². The molecule has 1 aromatic carbocycles. The van der Waals surface area contributed by atoms with Crippen LogP contribution >= 0.6 is 15.9 Å². The van der Waals surface area contributed by atoms with E-state index in [0.29, 0.717) is 4.47 Å². The van der Waals surface area contributed by atoms with Crippen molar-refractivity contribution in [3.05, 3.63) is 28.5 Å². The van der Waals surface area contributed by atoms with Gasteiger partial charge in [-0.15, -0.1) is 0 Å². The number of sulfonamides is 1. The third-order valence-corrected chi connectivity index (χ3v) is 4.18.